The van der Waals surface area contributed by atoms with Crippen LogP contribution in [0.15, 0.2) is 0 Å². The first kappa shape index (κ1) is 14.9. The van der Waals surface area contributed by atoms with E-state index < -0.39 is 0 Å². The summed E-state index contributed by atoms with van der Waals surface area (Å²) in [6, 6.07) is 0.215. The Hall–Kier alpha value is -0.120. The smallest absolute Gasteiger partial charge is 0.0785 e. The molecule has 1 aliphatic rings. The molecule has 0 aromatic rings. The largest absolute Gasteiger partial charge is 0.379 e. The summed E-state index contributed by atoms with van der Waals surface area (Å²) in [5.74, 6) is 0.809. The van der Waals surface area contributed by atoms with Crippen molar-refractivity contribution in [2.75, 3.05) is 13.2 Å². The van der Waals surface area contributed by atoms with E-state index in [-0.39, 0.29) is 18.2 Å². The monoisotopic (exact) mass is 243 g/mol. The van der Waals surface area contributed by atoms with Crippen LogP contribution in [0.1, 0.15) is 52.9 Å². The normalized spacial score (nSPS) is 31.4. The van der Waals surface area contributed by atoms with Gasteiger partial charge in [0.25, 0.3) is 0 Å². The molecule has 0 radical (unpaired) electrons. The standard InChI is InChI=1S/C14H29NO2/c1-4-6-12-7-8-13(15)14(9-12)17-11(3)10-16-5-2/h11-14H,4-10,15H2,1-3H3. The first-order chi connectivity index (χ1) is 8.17. The molecule has 102 valence electrons. The van der Waals surface area contributed by atoms with Crippen molar-refractivity contribution >= 4 is 0 Å². The van der Waals surface area contributed by atoms with Gasteiger partial charge in [0.05, 0.1) is 18.8 Å². The highest BCUT2D eigenvalue weighted by Crippen LogP contribution is 2.29. The van der Waals surface area contributed by atoms with E-state index in [4.69, 9.17) is 15.2 Å². The molecule has 0 heterocycles. The van der Waals surface area contributed by atoms with Crippen LogP contribution in [-0.2, 0) is 9.47 Å². The van der Waals surface area contributed by atoms with Crippen LogP contribution in [0.5, 0.6) is 0 Å². The Morgan fingerprint density at radius 2 is 2.06 bits per heavy atom. The third kappa shape index (κ3) is 5.36. The predicted molar refractivity (Wildman–Crippen MR) is 71.1 cm³/mol. The Bertz CT molecular complexity index is 199. The minimum absolute atomic E-state index is 0.159. The third-order valence-electron chi connectivity index (χ3n) is 3.61. The summed E-state index contributed by atoms with van der Waals surface area (Å²) in [5.41, 5.74) is 6.15. The van der Waals surface area contributed by atoms with Gasteiger partial charge in [-0.3, -0.25) is 0 Å². The molecular weight excluding hydrogens is 214 g/mol. The van der Waals surface area contributed by atoms with Crippen LogP contribution in [0.2, 0.25) is 0 Å². The van der Waals surface area contributed by atoms with E-state index in [1.54, 1.807) is 0 Å². The van der Waals surface area contributed by atoms with Gasteiger partial charge < -0.3 is 15.2 Å². The number of hydrogen-bond donors (Lipinski definition) is 1. The van der Waals surface area contributed by atoms with E-state index in [2.05, 4.69) is 13.8 Å². The number of ether oxygens (including phenoxy) is 2. The van der Waals surface area contributed by atoms with Crippen molar-refractivity contribution in [3.63, 3.8) is 0 Å². The highest BCUT2D eigenvalue weighted by atomic mass is 16.5. The van der Waals surface area contributed by atoms with E-state index in [9.17, 15) is 0 Å². The lowest BCUT2D eigenvalue weighted by Crippen LogP contribution is -2.44. The first-order valence-corrected chi connectivity index (χ1v) is 7.16. The summed E-state index contributed by atoms with van der Waals surface area (Å²) in [5, 5.41) is 0. The molecule has 0 bridgehead atoms. The Kier molecular flexibility index (Phi) is 7.09. The molecule has 4 atom stereocenters. The van der Waals surface area contributed by atoms with Crippen molar-refractivity contribution in [2.45, 2.75) is 71.1 Å². The second-order valence-electron chi connectivity index (χ2n) is 5.28. The summed E-state index contributed by atoms with van der Waals surface area (Å²) >= 11 is 0. The molecule has 1 rings (SSSR count). The molecule has 4 unspecified atom stereocenters. The van der Waals surface area contributed by atoms with E-state index in [1.807, 2.05) is 6.92 Å². The zero-order valence-corrected chi connectivity index (χ0v) is 11.7. The van der Waals surface area contributed by atoms with Crippen LogP contribution >= 0.6 is 0 Å². The number of hydrogen-bond acceptors (Lipinski definition) is 3. The van der Waals surface area contributed by atoms with E-state index in [0.29, 0.717) is 6.61 Å². The third-order valence-corrected chi connectivity index (χ3v) is 3.61. The molecule has 0 aromatic carbocycles. The maximum Gasteiger partial charge on any atom is 0.0785 e. The molecule has 1 fully saturated rings. The summed E-state index contributed by atoms with van der Waals surface area (Å²) in [6.07, 6.45) is 6.48. The van der Waals surface area contributed by atoms with E-state index in [1.165, 1.54) is 19.3 Å². The fourth-order valence-electron chi connectivity index (χ4n) is 2.68. The lowest BCUT2D eigenvalue weighted by atomic mass is 9.82. The van der Waals surface area contributed by atoms with Crippen molar-refractivity contribution in [1.29, 1.82) is 0 Å². The van der Waals surface area contributed by atoms with E-state index in [0.717, 1.165) is 25.4 Å². The van der Waals surface area contributed by atoms with Gasteiger partial charge in [0.2, 0.25) is 0 Å². The molecule has 0 aromatic heterocycles. The molecule has 1 saturated carbocycles. The maximum atomic E-state index is 6.15. The minimum atomic E-state index is 0.159. The fraction of sp³-hybridized carbons (Fsp3) is 1.00. The highest BCUT2D eigenvalue weighted by molar-refractivity contribution is 4.83. The average molecular weight is 243 g/mol. The van der Waals surface area contributed by atoms with E-state index >= 15 is 0 Å². The molecule has 0 saturated heterocycles. The summed E-state index contributed by atoms with van der Waals surface area (Å²) < 4.78 is 11.4. The van der Waals surface area contributed by atoms with Crippen molar-refractivity contribution in [3.05, 3.63) is 0 Å². The molecule has 0 spiro atoms. The van der Waals surface area contributed by atoms with Crippen LogP contribution in [0.4, 0.5) is 0 Å². The molecule has 1 aliphatic carbocycles. The van der Waals surface area contributed by atoms with Gasteiger partial charge in [-0.05, 0) is 39.0 Å². The van der Waals surface area contributed by atoms with Crippen LogP contribution < -0.4 is 5.73 Å². The fourth-order valence-corrected chi connectivity index (χ4v) is 2.68. The van der Waals surface area contributed by atoms with Gasteiger partial charge in [-0.2, -0.15) is 0 Å². The van der Waals surface area contributed by atoms with Gasteiger partial charge in [0, 0.05) is 12.6 Å². The molecule has 17 heavy (non-hydrogen) atoms. The summed E-state index contributed by atoms with van der Waals surface area (Å²) in [6.45, 7) is 7.77. The van der Waals surface area contributed by atoms with Gasteiger partial charge in [0.15, 0.2) is 0 Å². The Morgan fingerprint density at radius 3 is 2.71 bits per heavy atom. The molecule has 2 N–H and O–H groups in total. The van der Waals surface area contributed by atoms with Crippen molar-refractivity contribution in [1.82, 2.24) is 0 Å². The molecule has 3 heteroatoms. The van der Waals surface area contributed by atoms with Gasteiger partial charge in [-0.25, -0.2) is 0 Å². The van der Waals surface area contributed by atoms with Crippen LogP contribution in [0.25, 0.3) is 0 Å². The average Bonchev–Trinajstić information content (AvgIpc) is 2.31. The quantitative estimate of drug-likeness (QED) is 0.747. The van der Waals surface area contributed by atoms with Gasteiger partial charge in [0.1, 0.15) is 0 Å². The van der Waals surface area contributed by atoms with Crippen LogP contribution in [-0.4, -0.2) is 31.5 Å². The second kappa shape index (κ2) is 8.06. The second-order valence-corrected chi connectivity index (χ2v) is 5.28. The highest BCUT2D eigenvalue weighted by Gasteiger charge is 2.29. The number of rotatable bonds is 7. The van der Waals surface area contributed by atoms with Gasteiger partial charge in [-0.1, -0.05) is 19.8 Å². The molecule has 3 nitrogen and oxygen atoms in total. The summed E-state index contributed by atoms with van der Waals surface area (Å²) in [7, 11) is 0. The van der Waals surface area contributed by atoms with Gasteiger partial charge in [-0.15, -0.1) is 0 Å². The van der Waals surface area contributed by atoms with Crippen LogP contribution in [0, 0.1) is 5.92 Å². The zero-order valence-electron chi connectivity index (χ0n) is 11.7. The molecule has 0 amide bonds. The van der Waals surface area contributed by atoms with Gasteiger partial charge >= 0.3 is 0 Å². The lowest BCUT2D eigenvalue weighted by molar-refractivity contribution is -0.0737. The van der Waals surface area contributed by atoms with Crippen molar-refractivity contribution in [2.24, 2.45) is 11.7 Å². The Labute approximate surface area is 106 Å². The first-order valence-electron chi connectivity index (χ1n) is 7.16. The zero-order chi connectivity index (χ0) is 12.7. The Morgan fingerprint density at radius 1 is 1.29 bits per heavy atom. The SMILES string of the molecule is CCCC1CCC(N)C(OC(C)COCC)C1. The minimum Gasteiger partial charge on any atom is -0.379 e. The molecular formula is C14H29NO2. The van der Waals surface area contributed by atoms with Crippen molar-refractivity contribution < 1.29 is 9.47 Å². The molecule has 0 aliphatic heterocycles. The predicted octanol–water partition coefficient (Wildman–Crippen LogP) is 2.72. The summed E-state index contributed by atoms with van der Waals surface area (Å²) in [4.78, 5) is 0. The van der Waals surface area contributed by atoms with Crippen LogP contribution in [0.3, 0.4) is 0 Å². The number of nitrogens with two attached hydrogens (primary N) is 1. The maximum absolute atomic E-state index is 6.15. The Balaban J connectivity index is 2.33. The topological polar surface area (TPSA) is 44.5 Å². The van der Waals surface area contributed by atoms with Crippen molar-refractivity contribution in [3.8, 4) is 0 Å². The lowest BCUT2D eigenvalue weighted by Gasteiger charge is -2.35.